The highest BCUT2D eigenvalue weighted by Crippen LogP contribution is 2.33. The highest BCUT2D eigenvalue weighted by Gasteiger charge is 2.13. The fourth-order valence-electron chi connectivity index (χ4n) is 3.03. The molecule has 3 heteroatoms. The van der Waals surface area contributed by atoms with Crippen molar-refractivity contribution in [2.45, 2.75) is 12.8 Å². The lowest BCUT2D eigenvalue weighted by atomic mass is 9.88. The van der Waals surface area contributed by atoms with Crippen molar-refractivity contribution in [2.75, 3.05) is 7.11 Å². The summed E-state index contributed by atoms with van der Waals surface area (Å²) in [5.41, 5.74) is 6.31. The number of allylic oxidation sites excluding steroid dienone is 1. The average molecular weight is 303 g/mol. The van der Waals surface area contributed by atoms with Crippen LogP contribution in [0.5, 0.6) is 5.75 Å². The number of benzene rings is 2. The fourth-order valence-corrected chi connectivity index (χ4v) is 3.03. The molecule has 0 N–H and O–H groups in total. The molecule has 0 atom stereocenters. The number of hydrogen-bond acceptors (Lipinski definition) is 3. The van der Waals surface area contributed by atoms with Gasteiger partial charge in [-0.1, -0.05) is 36.4 Å². The van der Waals surface area contributed by atoms with Gasteiger partial charge in [-0.05, 0) is 47.2 Å². The molecule has 0 saturated heterocycles. The van der Waals surface area contributed by atoms with Crippen molar-refractivity contribution in [2.24, 2.45) is 0 Å². The molecular weight excluding hydrogens is 286 g/mol. The molecule has 3 nitrogen and oxygen atoms in total. The van der Waals surface area contributed by atoms with Crippen LogP contribution in [0.1, 0.15) is 23.1 Å². The van der Waals surface area contributed by atoms with Gasteiger partial charge in [-0.2, -0.15) is 0 Å². The van der Waals surface area contributed by atoms with Crippen molar-refractivity contribution in [3.63, 3.8) is 0 Å². The quantitative estimate of drug-likeness (QED) is 0.694. The molecular formula is C20H17NO2. The summed E-state index contributed by atoms with van der Waals surface area (Å²) in [6.45, 7) is 0. The number of hydrogen-bond donors (Lipinski definition) is 0. The maximum absolute atomic E-state index is 5.34. The summed E-state index contributed by atoms with van der Waals surface area (Å²) in [4.78, 5) is 3.96. The highest BCUT2D eigenvalue weighted by molar-refractivity contribution is 5.85. The second-order valence-electron chi connectivity index (χ2n) is 5.68. The molecule has 2 aromatic carbocycles. The average Bonchev–Trinajstić information content (AvgIpc) is 3.15. The zero-order valence-electron chi connectivity index (χ0n) is 13.0. The summed E-state index contributed by atoms with van der Waals surface area (Å²) in [5, 5.41) is 0. The molecule has 23 heavy (non-hydrogen) atoms. The van der Waals surface area contributed by atoms with E-state index >= 15 is 0 Å². The van der Waals surface area contributed by atoms with Crippen LogP contribution in [0.3, 0.4) is 0 Å². The van der Waals surface area contributed by atoms with E-state index in [1.165, 1.54) is 28.7 Å². The van der Waals surface area contributed by atoms with Crippen LogP contribution in [0.2, 0.25) is 0 Å². The third-order valence-electron chi connectivity index (χ3n) is 4.32. The number of nitrogens with zero attached hydrogens (tertiary/aromatic N) is 1. The number of fused-ring (bicyclic) bond motifs is 1. The number of rotatable bonds is 3. The van der Waals surface area contributed by atoms with E-state index in [2.05, 4.69) is 47.5 Å². The van der Waals surface area contributed by atoms with Gasteiger partial charge in [0.05, 0.1) is 13.3 Å². The van der Waals surface area contributed by atoms with E-state index in [0.29, 0.717) is 0 Å². The van der Waals surface area contributed by atoms with Gasteiger partial charge in [-0.3, -0.25) is 0 Å². The summed E-state index contributed by atoms with van der Waals surface area (Å²) in [6.07, 6.45) is 7.56. The number of aryl methyl sites for hydroxylation is 1. The van der Waals surface area contributed by atoms with Crippen molar-refractivity contribution in [1.82, 2.24) is 4.98 Å². The monoisotopic (exact) mass is 303 g/mol. The minimum atomic E-state index is 0.798. The molecule has 0 spiro atoms. The lowest BCUT2D eigenvalue weighted by Gasteiger charge is -2.17. The molecule has 0 unspecified atom stereocenters. The summed E-state index contributed by atoms with van der Waals surface area (Å²) < 4.78 is 10.6. The van der Waals surface area contributed by atoms with E-state index in [4.69, 9.17) is 9.15 Å². The molecule has 3 aromatic rings. The van der Waals surface area contributed by atoms with Crippen LogP contribution in [0.15, 0.2) is 59.5 Å². The summed E-state index contributed by atoms with van der Waals surface area (Å²) in [5.74, 6) is 1.73. The van der Waals surface area contributed by atoms with Gasteiger partial charge in [0.1, 0.15) is 5.75 Å². The third-order valence-corrected chi connectivity index (χ3v) is 4.32. The molecule has 0 saturated carbocycles. The summed E-state index contributed by atoms with van der Waals surface area (Å²) in [6, 6.07) is 14.8. The Bertz CT molecular complexity index is 846. The number of aromatic nitrogens is 1. The van der Waals surface area contributed by atoms with Crippen molar-refractivity contribution in [3.8, 4) is 17.1 Å². The van der Waals surface area contributed by atoms with Gasteiger partial charge in [0.25, 0.3) is 0 Å². The Morgan fingerprint density at radius 3 is 2.57 bits per heavy atom. The molecule has 4 rings (SSSR count). The predicted octanol–water partition coefficient (Wildman–Crippen LogP) is 4.84. The van der Waals surface area contributed by atoms with Gasteiger partial charge in [0, 0.05) is 5.56 Å². The SMILES string of the molecule is COc1ccc2c(c1)CCC(c1ccc(-c3cnco3)cc1)=C2. The molecule has 0 bridgehead atoms. The van der Waals surface area contributed by atoms with E-state index in [9.17, 15) is 0 Å². The van der Waals surface area contributed by atoms with Crippen LogP contribution in [0.4, 0.5) is 0 Å². The number of methoxy groups -OCH3 is 1. The Hall–Kier alpha value is -2.81. The van der Waals surface area contributed by atoms with Crippen molar-refractivity contribution in [3.05, 3.63) is 71.7 Å². The first-order chi connectivity index (χ1) is 11.3. The molecule has 0 fully saturated rings. The van der Waals surface area contributed by atoms with Crippen LogP contribution in [-0.4, -0.2) is 12.1 Å². The van der Waals surface area contributed by atoms with Gasteiger partial charge < -0.3 is 9.15 Å². The van der Waals surface area contributed by atoms with Crippen LogP contribution in [0, 0.1) is 0 Å². The Morgan fingerprint density at radius 2 is 1.83 bits per heavy atom. The smallest absolute Gasteiger partial charge is 0.181 e. The third kappa shape index (κ3) is 2.66. The number of ether oxygens (including phenoxy) is 1. The zero-order valence-corrected chi connectivity index (χ0v) is 13.0. The molecule has 1 aliphatic rings. The zero-order chi connectivity index (χ0) is 15.6. The molecule has 0 radical (unpaired) electrons. The van der Waals surface area contributed by atoms with E-state index < -0.39 is 0 Å². The molecule has 0 amide bonds. The normalized spacial score (nSPS) is 13.3. The van der Waals surface area contributed by atoms with Gasteiger partial charge in [0.15, 0.2) is 12.2 Å². The molecule has 0 aliphatic heterocycles. The lowest BCUT2D eigenvalue weighted by molar-refractivity contribution is 0.414. The Labute approximate surface area is 135 Å². The summed E-state index contributed by atoms with van der Waals surface area (Å²) >= 11 is 0. The van der Waals surface area contributed by atoms with Crippen LogP contribution in [0.25, 0.3) is 23.0 Å². The van der Waals surface area contributed by atoms with Gasteiger partial charge in [-0.15, -0.1) is 0 Å². The van der Waals surface area contributed by atoms with Gasteiger partial charge in [-0.25, -0.2) is 4.98 Å². The minimum Gasteiger partial charge on any atom is -0.497 e. The van der Waals surface area contributed by atoms with Gasteiger partial charge >= 0.3 is 0 Å². The van der Waals surface area contributed by atoms with Crippen LogP contribution < -0.4 is 4.74 Å². The number of oxazole rings is 1. The molecule has 1 aliphatic carbocycles. The van der Waals surface area contributed by atoms with E-state index in [0.717, 1.165) is 29.9 Å². The molecule has 114 valence electrons. The Morgan fingerprint density at radius 1 is 1.00 bits per heavy atom. The Balaban J connectivity index is 1.64. The van der Waals surface area contributed by atoms with Crippen molar-refractivity contribution < 1.29 is 9.15 Å². The fraction of sp³-hybridized carbons (Fsp3) is 0.150. The van der Waals surface area contributed by atoms with Crippen molar-refractivity contribution >= 4 is 11.6 Å². The second kappa shape index (κ2) is 5.76. The van der Waals surface area contributed by atoms with E-state index in [1.54, 1.807) is 13.3 Å². The maximum Gasteiger partial charge on any atom is 0.181 e. The Kier molecular flexibility index (Phi) is 3.46. The van der Waals surface area contributed by atoms with E-state index in [1.807, 2.05) is 6.07 Å². The van der Waals surface area contributed by atoms with E-state index in [-0.39, 0.29) is 0 Å². The maximum atomic E-state index is 5.34. The minimum absolute atomic E-state index is 0.798. The van der Waals surface area contributed by atoms with Gasteiger partial charge in [0.2, 0.25) is 0 Å². The first-order valence-electron chi connectivity index (χ1n) is 7.70. The lowest BCUT2D eigenvalue weighted by Crippen LogP contribution is -1.99. The van der Waals surface area contributed by atoms with Crippen molar-refractivity contribution in [1.29, 1.82) is 0 Å². The second-order valence-corrected chi connectivity index (χ2v) is 5.68. The molecule has 1 aromatic heterocycles. The topological polar surface area (TPSA) is 35.3 Å². The summed E-state index contributed by atoms with van der Waals surface area (Å²) in [7, 11) is 1.71. The largest absolute Gasteiger partial charge is 0.497 e. The molecule has 1 heterocycles. The predicted molar refractivity (Wildman–Crippen MR) is 91.1 cm³/mol. The standard InChI is InChI=1S/C20H17NO2/c1-22-19-9-8-17-10-16(6-7-18(17)11-19)14-2-4-15(5-3-14)20-12-21-13-23-20/h2-5,8-13H,6-7H2,1H3. The first kappa shape index (κ1) is 13.8. The first-order valence-corrected chi connectivity index (χ1v) is 7.70. The van der Waals surface area contributed by atoms with Crippen LogP contribution >= 0.6 is 0 Å². The van der Waals surface area contributed by atoms with Crippen LogP contribution in [-0.2, 0) is 6.42 Å². The highest BCUT2D eigenvalue weighted by atomic mass is 16.5.